The SMILES string of the molecule is Cc1ccccc1-c1cccc2c(CCCOc3cccc(N(C)C)c3)c(OC(=O)O)[nH]c12. The van der Waals surface area contributed by atoms with Crippen molar-refractivity contribution in [2.24, 2.45) is 0 Å². The lowest BCUT2D eigenvalue weighted by molar-refractivity contribution is 0.142. The molecule has 0 saturated carbocycles. The van der Waals surface area contributed by atoms with Crippen LogP contribution in [0.15, 0.2) is 66.7 Å². The van der Waals surface area contributed by atoms with E-state index < -0.39 is 6.16 Å². The number of fused-ring (bicyclic) bond motifs is 1. The zero-order valence-electron chi connectivity index (χ0n) is 19.1. The van der Waals surface area contributed by atoms with Crippen molar-refractivity contribution in [1.29, 1.82) is 0 Å². The highest BCUT2D eigenvalue weighted by molar-refractivity contribution is 5.98. The molecule has 0 amide bonds. The van der Waals surface area contributed by atoms with Gasteiger partial charge in [-0.05, 0) is 43.0 Å². The molecular formula is C27H28N2O4. The minimum atomic E-state index is -1.34. The fourth-order valence-corrected chi connectivity index (χ4v) is 4.06. The van der Waals surface area contributed by atoms with E-state index in [0.29, 0.717) is 19.4 Å². The van der Waals surface area contributed by atoms with Crippen molar-refractivity contribution in [3.8, 4) is 22.8 Å². The molecule has 0 aliphatic carbocycles. The topological polar surface area (TPSA) is 74.8 Å². The Morgan fingerprint density at radius 1 is 1.00 bits per heavy atom. The van der Waals surface area contributed by atoms with Gasteiger partial charge in [-0.1, -0.05) is 48.5 Å². The van der Waals surface area contributed by atoms with Crippen molar-refractivity contribution in [2.75, 3.05) is 25.6 Å². The highest BCUT2D eigenvalue weighted by Gasteiger charge is 2.18. The van der Waals surface area contributed by atoms with Crippen LogP contribution in [0.25, 0.3) is 22.0 Å². The van der Waals surface area contributed by atoms with Gasteiger partial charge >= 0.3 is 6.16 Å². The maximum Gasteiger partial charge on any atom is 0.512 e. The molecule has 170 valence electrons. The van der Waals surface area contributed by atoms with E-state index in [1.54, 1.807) is 0 Å². The van der Waals surface area contributed by atoms with Gasteiger partial charge in [0.25, 0.3) is 0 Å². The first-order valence-electron chi connectivity index (χ1n) is 10.9. The number of para-hydroxylation sites is 1. The number of nitrogens with zero attached hydrogens (tertiary/aromatic N) is 1. The maximum atomic E-state index is 11.3. The van der Waals surface area contributed by atoms with E-state index in [-0.39, 0.29) is 5.88 Å². The molecule has 33 heavy (non-hydrogen) atoms. The Labute approximate surface area is 193 Å². The van der Waals surface area contributed by atoms with Crippen molar-refractivity contribution in [3.05, 3.63) is 77.9 Å². The van der Waals surface area contributed by atoms with Gasteiger partial charge in [0.05, 0.1) is 12.1 Å². The lowest BCUT2D eigenvalue weighted by Gasteiger charge is -2.14. The summed E-state index contributed by atoms with van der Waals surface area (Å²) < 4.78 is 11.1. The van der Waals surface area contributed by atoms with Crippen LogP contribution >= 0.6 is 0 Å². The van der Waals surface area contributed by atoms with Gasteiger partial charge < -0.3 is 24.5 Å². The second-order valence-corrected chi connectivity index (χ2v) is 8.19. The summed E-state index contributed by atoms with van der Waals surface area (Å²) in [6.07, 6.45) is -0.00583. The van der Waals surface area contributed by atoms with Gasteiger partial charge in [0, 0.05) is 42.4 Å². The fourth-order valence-electron chi connectivity index (χ4n) is 4.06. The number of aromatic nitrogens is 1. The van der Waals surface area contributed by atoms with Crippen molar-refractivity contribution in [3.63, 3.8) is 0 Å². The minimum absolute atomic E-state index is 0.271. The molecule has 2 N–H and O–H groups in total. The average Bonchev–Trinajstić information content (AvgIpc) is 3.14. The van der Waals surface area contributed by atoms with Crippen LogP contribution in [0, 0.1) is 6.92 Å². The summed E-state index contributed by atoms with van der Waals surface area (Å²) in [6, 6.07) is 22.1. The number of benzene rings is 3. The lowest BCUT2D eigenvalue weighted by atomic mass is 9.97. The molecule has 0 bridgehead atoms. The van der Waals surface area contributed by atoms with Crippen LogP contribution in [0.3, 0.4) is 0 Å². The summed E-state index contributed by atoms with van der Waals surface area (Å²) in [7, 11) is 3.98. The Balaban J connectivity index is 1.58. The molecule has 1 heterocycles. The number of rotatable bonds is 8. The number of hydrogen-bond acceptors (Lipinski definition) is 4. The van der Waals surface area contributed by atoms with Crippen molar-refractivity contribution >= 4 is 22.7 Å². The number of ether oxygens (including phenoxy) is 2. The highest BCUT2D eigenvalue weighted by atomic mass is 16.7. The number of aromatic amines is 1. The van der Waals surface area contributed by atoms with Crippen LogP contribution in [0.1, 0.15) is 17.5 Å². The molecule has 0 atom stereocenters. The zero-order valence-corrected chi connectivity index (χ0v) is 19.1. The van der Waals surface area contributed by atoms with Crippen LogP contribution in [-0.2, 0) is 6.42 Å². The Kier molecular flexibility index (Phi) is 6.54. The third-order valence-corrected chi connectivity index (χ3v) is 5.70. The number of H-pyrrole nitrogens is 1. The molecule has 0 spiro atoms. The van der Waals surface area contributed by atoms with Gasteiger partial charge in [0.2, 0.25) is 5.88 Å². The Hall–Kier alpha value is -3.93. The van der Waals surface area contributed by atoms with Gasteiger partial charge in [0.15, 0.2) is 0 Å². The predicted molar refractivity (Wildman–Crippen MR) is 132 cm³/mol. The Morgan fingerprint density at radius 3 is 2.52 bits per heavy atom. The molecule has 0 aliphatic heterocycles. The number of carbonyl (C=O) groups is 1. The monoisotopic (exact) mass is 444 g/mol. The molecule has 0 fully saturated rings. The maximum absolute atomic E-state index is 11.3. The first-order chi connectivity index (χ1) is 15.9. The molecule has 4 rings (SSSR count). The fraction of sp³-hybridized carbons (Fsp3) is 0.222. The quantitative estimate of drug-likeness (QED) is 0.247. The molecule has 0 radical (unpaired) electrons. The summed E-state index contributed by atoms with van der Waals surface area (Å²) in [5.74, 6) is 1.08. The van der Waals surface area contributed by atoms with Crippen LogP contribution < -0.4 is 14.4 Å². The van der Waals surface area contributed by atoms with E-state index in [4.69, 9.17) is 9.47 Å². The number of nitrogens with one attached hydrogen (secondary N) is 1. The van der Waals surface area contributed by atoms with Gasteiger partial charge in [-0.3, -0.25) is 0 Å². The number of carboxylic acid groups (broad SMARTS) is 1. The molecule has 1 aromatic heterocycles. The smallest absolute Gasteiger partial charge is 0.494 e. The van der Waals surface area contributed by atoms with Crippen molar-refractivity contribution in [2.45, 2.75) is 19.8 Å². The van der Waals surface area contributed by atoms with Crippen LogP contribution in [0.5, 0.6) is 11.6 Å². The molecule has 6 heteroatoms. The van der Waals surface area contributed by atoms with E-state index in [1.165, 1.54) is 0 Å². The Bertz CT molecular complexity index is 1280. The number of hydrogen-bond donors (Lipinski definition) is 2. The second kappa shape index (κ2) is 9.69. The number of anilines is 1. The first-order valence-corrected chi connectivity index (χ1v) is 10.9. The molecule has 0 aliphatic rings. The van der Waals surface area contributed by atoms with Crippen LogP contribution in [0.2, 0.25) is 0 Å². The number of aryl methyl sites for hydroxylation is 2. The molecule has 0 saturated heterocycles. The molecule has 3 aromatic carbocycles. The molecule has 4 aromatic rings. The van der Waals surface area contributed by atoms with Gasteiger partial charge in [-0.25, -0.2) is 4.79 Å². The summed E-state index contributed by atoms with van der Waals surface area (Å²) in [5, 5.41) is 10.2. The second-order valence-electron chi connectivity index (χ2n) is 8.19. The molecular weight excluding hydrogens is 416 g/mol. The minimum Gasteiger partial charge on any atom is -0.494 e. The first kappa shape index (κ1) is 22.3. The zero-order chi connectivity index (χ0) is 23.4. The lowest BCUT2D eigenvalue weighted by Crippen LogP contribution is -2.09. The average molecular weight is 445 g/mol. The van der Waals surface area contributed by atoms with Gasteiger partial charge in [-0.2, -0.15) is 0 Å². The predicted octanol–water partition coefficient (Wildman–Crippen LogP) is 6.28. The summed E-state index contributed by atoms with van der Waals surface area (Å²) >= 11 is 0. The normalized spacial score (nSPS) is 10.9. The van der Waals surface area contributed by atoms with Crippen LogP contribution in [-0.4, -0.2) is 36.9 Å². The van der Waals surface area contributed by atoms with E-state index >= 15 is 0 Å². The van der Waals surface area contributed by atoms with Gasteiger partial charge in [0.1, 0.15) is 5.75 Å². The van der Waals surface area contributed by atoms with Crippen molar-refractivity contribution < 1.29 is 19.4 Å². The van der Waals surface area contributed by atoms with Crippen molar-refractivity contribution in [1.82, 2.24) is 4.98 Å². The molecule has 0 unspecified atom stereocenters. The molecule has 6 nitrogen and oxygen atoms in total. The summed E-state index contributed by atoms with van der Waals surface area (Å²) in [5.41, 5.74) is 6.05. The highest BCUT2D eigenvalue weighted by Crippen LogP contribution is 2.36. The van der Waals surface area contributed by atoms with E-state index in [1.807, 2.05) is 73.6 Å². The third kappa shape index (κ3) is 4.95. The van der Waals surface area contributed by atoms with E-state index in [0.717, 1.165) is 44.6 Å². The van der Waals surface area contributed by atoms with Crippen LogP contribution in [0.4, 0.5) is 10.5 Å². The van der Waals surface area contributed by atoms with E-state index in [9.17, 15) is 9.90 Å². The Morgan fingerprint density at radius 2 is 1.76 bits per heavy atom. The standard InChI is InChI=1S/C27H28N2O4/c1-18-9-4-5-12-21(18)22-13-7-14-23-24(26(28-25(22)23)33-27(30)31)15-8-16-32-20-11-6-10-19(17-20)29(2)3/h4-7,9-14,17,28H,8,15-16H2,1-3H3,(H,30,31). The summed E-state index contributed by atoms with van der Waals surface area (Å²) in [4.78, 5) is 16.6. The third-order valence-electron chi connectivity index (χ3n) is 5.70. The van der Waals surface area contributed by atoms with Gasteiger partial charge in [-0.15, -0.1) is 0 Å². The van der Waals surface area contributed by atoms with E-state index in [2.05, 4.69) is 24.0 Å². The summed E-state index contributed by atoms with van der Waals surface area (Å²) in [6.45, 7) is 2.57. The largest absolute Gasteiger partial charge is 0.512 e.